The molecule has 1 atom stereocenters. The van der Waals surface area contributed by atoms with E-state index < -0.39 is 0 Å². The van der Waals surface area contributed by atoms with E-state index in [1.54, 1.807) is 0 Å². The SMILES string of the molecule is CCCC(C)CC(=O)Nc1ccc(CCO)cc1. The van der Waals surface area contributed by atoms with Crippen molar-refractivity contribution in [3.05, 3.63) is 29.8 Å². The van der Waals surface area contributed by atoms with Crippen LogP contribution in [0.3, 0.4) is 0 Å². The van der Waals surface area contributed by atoms with Crippen LogP contribution in [0.4, 0.5) is 5.69 Å². The minimum absolute atomic E-state index is 0.0749. The summed E-state index contributed by atoms with van der Waals surface area (Å²) in [6.45, 7) is 4.39. The van der Waals surface area contributed by atoms with Gasteiger partial charge in [-0.15, -0.1) is 0 Å². The first-order valence-electron chi connectivity index (χ1n) is 6.65. The number of aliphatic hydroxyl groups is 1. The van der Waals surface area contributed by atoms with Gasteiger partial charge in [0.2, 0.25) is 5.91 Å². The van der Waals surface area contributed by atoms with E-state index in [1.807, 2.05) is 24.3 Å². The Morgan fingerprint density at radius 3 is 2.56 bits per heavy atom. The Balaban J connectivity index is 2.44. The highest BCUT2D eigenvalue weighted by Gasteiger charge is 2.08. The molecule has 0 spiro atoms. The summed E-state index contributed by atoms with van der Waals surface area (Å²) in [7, 11) is 0. The van der Waals surface area contributed by atoms with Gasteiger partial charge in [0.1, 0.15) is 0 Å². The molecule has 1 amide bonds. The van der Waals surface area contributed by atoms with E-state index in [4.69, 9.17) is 5.11 Å². The van der Waals surface area contributed by atoms with E-state index in [0.717, 1.165) is 24.1 Å². The molecule has 0 aromatic heterocycles. The van der Waals surface area contributed by atoms with Gasteiger partial charge in [-0.25, -0.2) is 0 Å². The zero-order valence-corrected chi connectivity index (χ0v) is 11.3. The van der Waals surface area contributed by atoms with Gasteiger partial charge in [-0.2, -0.15) is 0 Å². The van der Waals surface area contributed by atoms with Crippen LogP contribution >= 0.6 is 0 Å². The first-order chi connectivity index (χ1) is 8.65. The topological polar surface area (TPSA) is 49.3 Å². The average molecular weight is 249 g/mol. The molecule has 1 aromatic carbocycles. The third-order valence-corrected chi connectivity index (χ3v) is 2.95. The predicted molar refractivity (Wildman–Crippen MR) is 74.6 cm³/mol. The van der Waals surface area contributed by atoms with Gasteiger partial charge in [0, 0.05) is 18.7 Å². The Morgan fingerprint density at radius 1 is 1.33 bits per heavy atom. The summed E-state index contributed by atoms with van der Waals surface area (Å²) in [4.78, 5) is 11.8. The highest BCUT2D eigenvalue weighted by molar-refractivity contribution is 5.90. The number of aliphatic hydroxyl groups excluding tert-OH is 1. The summed E-state index contributed by atoms with van der Waals surface area (Å²) in [5.41, 5.74) is 1.90. The van der Waals surface area contributed by atoms with Gasteiger partial charge in [-0.3, -0.25) is 4.79 Å². The highest BCUT2D eigenvalue weighted by Crippen LogP contribution is 2.14. The molecule has 1 unspecified atom stereocenters. The van der Waals surface area contributed by atoms with Gasteiger partial charge >= 0.3 is 0 Å². The third kappa shape index (κ3) is 5.32. The van der Waals surface area contributed by atoms with E-state index in [0.29, 0.717) is 18.8 Å². The molecule has 1 rings (SSSR count). The van der Waals surface area contributed by atoms with Crippen LogP contribution in [-0.2, 0) is 11.2 Å². The predicted octanol–water partition coefficient (Wildman–Crippen LogP) is 2.99. The molecule has 2 N–H and O–H groups in total. The summed E-state index contributed by atoms with van der Waals surface area (Å²) < 4.78 is 0. The Morgan fingerprint density at radius 2 is 2.00 bits per heavy atom. The molecule has 0 heterocycles. The number of carbonyl (C=O) groups is 1. The summed E-state index contributed by atoms with van der Waals surface area (Å²) >= 11 is 0. The van der Waals surface area contributed by atoms with Crippen molar-refractivity contribution >= 4 is 11.6 Å². The molecular formula is C15H23NO2. The molecule has 0 fully saturated rings. The number of amides is 1. The largest absolute Gasteiger partial charge is 0.396 e. The monoisotopic (exact) mass is 249 g/mol. The molecule has 0 saturated carbocycles. The number of hydrogen-bond donors (Lipinski definition) is 2. The van der Waals surface area contributed by atoms with Crippen molar-refractivity contribution in [3.63, 3.8) is 0 Å². The molecule has 100 valence electrons. The molecule has 1 aromatic rings. The summed E-state index contributed by atoms with van der Waals surface area (Å²) in [6, 6.07) is 7.63. The number of benzene rings is 1. The van der Waals surface area contributed by atoms with Crippen molar-refractivity contribution in [2.24, 2.45) is 5.92 Å². The van der Waals surface area contributed by atoms with E-state index in [1.165, 1.54) is 0 Å². The smallest absolute Gasteiger partial charge is 0.224 e. The minimum atomic E-state index is 0.0749. The van der Waals surface area contributed by atoms with Gasteiger partial charge in [-0.1, -0.05) is 38.8 Å². The lowest BCUT2D eigenvalue weighted by molar-refractivity contribution is -0.117. The van der Waals surface area contributed by atoms with Crippen molar-refractivity contribution < 1.29 is 9.90 Å². The lowest BCUT2D eigenvalue weighted by atomic mass is 10.0. The normalized spacial score (nSPS) is 12.2. The summed E-state index contributed by atoms with van der Waals surface area (Å²) in [5, 5.41) is 11.7. The first-order valence-corrected chi connectivity index (χ1v) is 6.65. The van der Waals surface area contributed by atoms with Crippen LogP contribution < -0.4 is 5.32 Å². The van der Waals surface area contributed by atoms with Crippen molar-refractivity contribution in [1.29, 1.82) is 0 Å². The van der Waals surface area contributed by atoms with E-state index in [9.17, 15) is 4.79 Å². The molecule has 0 aliphatic carbocycles. The van der Waals surface area contributed by atoms with Crippen LogP contribution in [0.15, 0.2) is 24.3 Å². The van der Waals surface area contributed by atoms with Gasteiger partial charge in [0.25, 0.3) is 0 Å². The first kappa shape index (κ1) is 14.7. The van der Waals surface area contributed by atoms with Gasteiger partial charge in [0.05, 0.1) is 0 Å². The zero-order chi connectivity index (χ0) is 13.4. The Labute approximate surface area is 109 Å². The molecule has 18 heavy (non-hydrogen) atoms. The molecule has 0 radical (unpaired) electrons. The second-order valence-electron chi connectivity index (χ2n) is 4.82. The van der Waals surface area contributed by atoms with Crippen molar-refractivity contribution in [1.82, 2.24) is 0 Å². The van der Waals surface area contributed by atoms with Crippen molar-refractivity contribution in [3.8, 4) is 0 Å². The Hall–Kier alpha value is -1.35. The maximum absolute atomic E-state index is 11.8. The highest BCUT2D eigenvalue weighted by atomic mass is 16.2. The number of carbonyl (C=O) groups excluding carboxylic acids is 1. The van der Waals surface area contributed by atoms with Crippen LogP contribution in [0.1, 0.15) is 38.7 Å². The molecule has 3 nitrogen and oxygen atoms in total. The molecule has 0 saturated heterocycles. The lowest BCUT2D eigenvalue weighted by Crippen LogP contribution is -2.15. The minimum Gasteiger partial charge on any atom is -0.396 e. The molecule has 0 aliphatic heterocycles. The average Bonchev–Trinajstić information content (AvgIpc) is 2.32. The number of hydrogen-bond acceptors (Lipinski definition) is 2. The van der Waals surface area contributed by atoms with Gasteiger partial charge in [-0.05, 0) is 30.0 Å². The summed E-state index contributed by atoms with van der Waals surface area (Å²) in [6.07, 6.45) is 3.43. The molecule has 0 aliphatic rings. The van der Waals surface area contributed by atoms with E-state index >= 15 is 0 Å². The standard InChI is InChI=1S/C15H23NO2/c1-3-4-12(2)11-15(18)16-14-7-5-13(6-8-14)9-10-17/h5-8,12,17H,3-4,9-11H2,1-2H3,(H,16,18). The Kier molecular flexibility index (Phi) is 6.44. The fraction of sp³-hybridized carbons (Fsp3) is 0.533. The second-order valence-corrected chi connectivity index (χ2v) is 4.82. The lowest BCUT2D eigenvalue weighted by Gasteiger charge is -2.10. The Bertz CT molecular complexity index is 359. The zero-order valence-electron chi connectivity index (χ0n) is 11.3. The fourth-order valence-corrected chi connectivity index (χ4v) is 2.01. The van der Waals surface area contributed by atoms with E-state index in [-0.39, 0.29) is 12.5 Å². The molecule has 0 bridgehead atoms. The van der Waals surface area contributed by atoms with Crippen LogP contribution in [0.25, 0.3) is 0 Å². The van der Waals surface area contributed by atoms with Crippen LogP contribution in [0, 0.1) is 5.92 Å². The number of anilines is 1. The van der Waals surface area contributed by atoms with Crippen LogP contribution in [0.2, 0.25) is 0 Å². The second kappa shape index (κ2) is 7.88. The maximum Gasteiger partial charge on any atom is 0.224 e. The maximum atomic E-state index is 11.8. The number of nitrogens with one attached hydrogen (secondary N) is 1. The molecular weight excluding hydrogens is 226 g/mol. The van der Waals surface area contributed by atoms with Gasteiger partial charge in [0.15, 0.2) is 0 Å². The third-order valence-electron chi connectivity index (χ3n) is 2.95. The van der Waals surface area contributed by atoms with Crippen molar-refractivity contribution in [2.45, 2.75) is 39.5 Å². The van der Waals surface area contributed by atoms with Gasteiger partial charge < -0.3 is 10.4 Å². The molecule has 3 heteroatoms. The van der Waals surface area contributed by atoms with Crippen LogP contribution in [0.5, 0.6) is 0 Å². The quantitative estimate of drug-likeness (QED) is 0.780. The van der Waals surface area contributed by atoms with Crippen molar-refractivity contribution in [2.75, 3.05) is 11.9 Å². The number of rotatable bonds is 7. The summed E-state index contributed by atoms with van der Waals surface area (Å²) in [5.74, 6) is 0.509. The fourth-order valence-electron chi connectivity index (χ4n) is 2.01. The van der Waals surface area contributed by atoms with Crippen LogP contribution in [-0.4, -0.2) is 17.6 Å². The van der Waals surface area contributed by atoms with E-state index in [2.05, 4.69) is 19.2 Å².